The van der Waals surface area contributed by atoms with Gasteiger partial charge >= 0.3 is 0 Å². The molecule has 0 saturated carbocycles. The molecule has 3 heterocycles. The highest BCUT2D eigenvalue weighted by Gasteiger charge is 2.08. The van der Waals surface area contributed by atoms with E-state index >= 15 is 0 Å². The molecule has 0 aliphatic rings. The smallest absolute Gasteiger partial charge is 0.232 e. The third kappa shape index (κ3) is 2.49. The van der Waals surface area contributed by atoms with Gasteiger partial charge in [-0.15, -0.1) is 0 Å². The number of hydrogen-bond acceptors (Lipinski definition) is 4. The molecule has 3 rings (SSSR count). The molecule has 0 spiro atoms. The second kappa shape index (κ2) is 5.08. The fourth-order valence-electron chi connectivity index (χ4n) is 1.94. The molecule has 100 valence electrons. The van der Waals surface area contributed by atoms with Crippen molar-refractivity contribution in [2.75, 3.05) is 5.32 Å². The zero-order chi connectivity index (χ0) is 13.9. The Hall–Kier alpha value is -2.76. The van der Waals surface area contributed by atoms with Crippen molar-refractivity contribution in [3.63, 3.8) is 0 Å². The first-order valence-corrected chi connectivity index (χ1v) is 6.22. The molecule has 0 aliphatic heterocycles. The largest absolute Gasteiger partial charge is 0.304 e. The molecule has 0 unspecified atom stereocenters. The molecule has 0 fully saturated rings. The average molecular weight is 267 g/mol. The first kappa shape index (κ1) is 12.3. The summed E-state index contributed by atoms with van der Waals surface area (Å²) in [5.74, 6) is 0.161. The van der Waals surface area contributed by atoms with E-state index in [1.165, 1.54) is 0 Å². The summed E-state index contributed by atoms with van der Waals surface area (Å²) >= 11 is 0. The Morgan fingerprint density at radius 1 is 1.25 bits per heavy atom. The maximum absolute atomic E-state index is 12.0. The predicted molar refractivity (Wildman–Crippen MR) is 74.3 cm³/mol. The van der Waals surface area contributed by atoms with Crippen molar-refractivity contribution in [3.8, 4) is 0 Å². The lowest BCUT2D eigenvalue weighted by atomic mass is 10.2. The summed E-state index contributed by atoms with van der Waals surface area (Å²) in [6.07, 6.45) is 7.11. The van der Waals surface area contributed by atoms with Gasteiger partial charge in [0.2, 0.25) is 11.9 Å². The minimum Gasteiger partial charge on any atom is -0.304 e. The van der Waals surface area contributed by atoms with Gasteiger partial charge < -0.3 is 4.40 Å². The number of rotatable bonds is 3. The molecular weight excluding hydrogens is 254 g/mol. The first-order chi connectivity index (χ1) is 9.72. The predicted octanol–water partition coefficient (Wildman–Crippen LogP) is 1.61. The highest BCUT2D eigenvalue weighted by molar-refractivity contribution is 5.90. The molecule has 1 amide bonds. The van der Waals surface area contributed by atoms with E-state index in [4.69, 9.17) is 0 Å². The summed E-state index contributed by atoms with van der Waals surface area (Å²) in [7, 11) is 0. The third-order valence-electron chi connectivity index (χ3n) is 2.89. The molecule has 0 radical (unpaired) electrons. The van der Waals surface area contributed by atoms with Crippen molar-refractivity contribution < 1.29 is 4.79 Å². The van der Waals surface area contributed by atoms with E-state index in [0.717, 1.165) is 16.9 Å². The fraction of sp³-hybridized carbons (Fsp3) is 0.143. The Bertz CT molecular complexity index is 748. The average Bonchev–Trinajstić information content (AvgIpc) is 2.91. The van der Waals surface area contributed by atoms with Crippen LogP contribution in [0.4, 0.5) is 5.95 Å². The van der Waals surface area contributed by atoms with Crippen molar-refractivity contribution in [1.29, 1.82) is 0 Å². The number of anilines is 1. The maximum atomic E-state index is 12.0. The Morgan fingerprint density at radius 3 is 2.85 bits per heavy atom. The standard InChI is InChI=1S/C14H13N5O/c1-10-8-16-14(17-9-10)18-13(20)7-11-3-2-4-12-15-5-6-19(11)12/h2-6,8-9H,7H2,1H3,(H,16,17,18,20). The number of imidazole rings is 1. The summed E-state index contributed by atoms with van der Waals surface area (Å²) in [5, 5.41) is 2.68. The van der Waals surface area contributed by atoms with Crippen LogP contribution in [0, 0.1) is 6.92 Å². The molecule has 0 aliphatic carbocycles. The van der Waals surface area contributed by atoms with E-state index in [-0.39, 0.29) is 12.3 Å². The number of nitrogens with zero attached hydrogens (tertiary/aromatic N) is 4. The van der Waals surface area contributed by atoms with Crippen molar-refractivity contribution >= 4 is 17.5 Å². The monoisotopic (exact) mass is 267 g/mol. The van der Waals surface area contributed by atoms with Crippen LogP contribution in [-0.4, -0.2) is 25.3 Å². The van der Waals surface area contributed by atoms with E-state index in [9.17, 15) is 4.79 Å². The quantitative estimate of drug-likeness (QED) is 0.782. The van der Waals surface area contributed by atoms with E-state index < -0.39 is 0 Å². The van der Waals surface area contributed by atoms with Crippen molar-refractivity contribution in [2.45, 2.75) is 13.3 Å². The van der Waals surface area contributed by atoms with E-state index in [2.05, 4.69) is 20.3 Å². The normalized spacial score (nSPS) is 10.7. The molecule has 0 saturated heterocycles. The lowest BCUT2D eigenvalue weighted by molar-refractivity contribution is -0.115. The van der Waals surface area contributed by atoms with Gasteiger partial charge in [-0.1, -0.05) is 6.07 Å². The zero-order valence-electron chi connectivity index (χ0n) is 10.9. The molecule has 6 nitrogen and oxygen atoms in total. The summed E-state index contributed by atoms with van der Waals surface area (Å²) in [6.45, 7) is 1.89. The molecule has 20 heavy (non-hydrogen) atoms. The number of carbonyl (C=O) groups is 1. The maximum Gasteiger partial charge on any atom is 0.232 e. The SMILES string of the molecule is Cc1cnc(NC(=O)Cc2cccc3nccn23)nc1. The van der Waals surface area contributed by atoms with Crippen molar-refractivity contribution in [3.05, 3.63) is 54.2 Å². The van der Waals surface area contributed by atoms with Gasteiger partial charge in [0.15, 0.2) is 0 Å². The highest BCUT2D eigenvalue weighted by Crippen LogP contribution is 2.07. The van der Waals surface area contributed by atoms with Gasteiger partial charge in [0.25, 0.3) is 0 Å². The highest BCUT2D eigenvalue weighted by atomic mass is 16.1. The second-order valence-corrected chi connectivity index (χ2v) is 4.48. The lowest BCUT2D eigenvalue weighted by Crippen LogP contribution is -2.17. The Morgan fingerprint density at radius 2 is 2.05 bits per heavy atom. The van der Waals surface area contributed by atoms with Gasteiger partial charge in [-0.25, -0.2) is 15.0 Å². The summed E-state index contributed by atoms with van der Waals surface area (Å²) < 4.78 is 1.88. The topological polar surface area (TPSA) is 72.2 Å². The number of hydrogen-bond donors (Lipinski definition) is 1. The van der Waals surface area contributed by atoms with Crippen LogP contribution >= 0.6 is 0 Å². The van der Waals surface area contributed by atoms with E-state index in [0.29, 0.717) is 5.95 Å². The molecule has 3 aromatic heterocycles. The number of aromatic nitrogens is 4. The summed E-state index contributed by atoms with van der Waals surface area (Å²) in [5.41, 5.74) is 2.64. The molecule has 0 bridgehead atoms. The molecule has 0 atom stereocenters. The number of aryl methyl sites for hydroxylation is 1. The molecule has 3 aromatic rings. The number of carbonyl (C=O) groups excluding carboxylic acids is 1. The second-order valence-electron chi connectivity index (χ2n) is 4.48. The van der Waals surface area contributed by atoms with E-state index in [1.807, 2.05) is 35.7 Å². The van der Waals surface area contributed by atoms with Crippen LogP contribution in [0.15, 0.2) is 43.0 Å². The fourth-order valence-corrected chi connectivity index (χ4v) is 1.94. The Kier molecular flexibility index (Phi) is 3.12. The van der Waals surface area contributed by atoms with Gasteiger partial charge in [0.05, 0.1) is 6.42 Å². The van der Waals surface area contributed by atoms with Crippen molar-refractivity contribution in [1.82, 2.24) is 19.4 Å². The Balaban J connectivity index is 1.76. The van der Waals surface area contributed by atoms with Crippen LogP contribution in [-0.2, 0) is 11.2 Å². The molecule has 0 aromatic carbocycles. The molecule has 1 N–H and O–H groups in total. The number of nitrogens with one attached hydrogen (secondary N) is 1. The minimum atomic E-state index is -0.157. The number of pyridine rings is 1. The van der Waals surface area contributed by atoms with Crippen LogP contribution in [0.2, 0.25) is 0 Å². The van der Waals surface area contributed by atoms with Gasteiger partial charge in [0.1, 0.15) is 5.65 Å². The third-order valence-corrected chi connectivity index (χ3v) is 2.89. The van der Waals surface area contributed by atoms with Gasteiger partial charge in [-0.2, -0.15) is 0 Å². The van der Waals surface area contributed by atoms with Crippen LogP contribution in [0.3, 0.4) is 0 Å². The molecule has 6 heteroatoms. The summed E-state index contributed by atoms with van der Waals surface area (Å²) in [4.78, 5) is 24.3. The van der Waals surface area contributed by atoms with Crippen molar-refractivity contribution in [2.24, 2.45) is 0 Å². The van der Waals surface area contributed by atoms with Gasteiger partial charge in [0, 0.05) is 30.5 Å². The van der Waals surface area contributed by atoms with Gasteiger partial charge in [-0.3, -0.25) is 10.1 Å². The van der Waals surface area contributed by atoms with Crippen LogP contribution in [0.1, 0.15) is 11.3 Å². The number of fused-ring (bicyclic) bond motifs is 1. The Labute approximate surface area is 115 Å². The molecular formula is C14H13N5O. The van der Waals surface area contributed by atoms with Gasteiger partial charge in [-0.05, 0) is 24.6 Å². The van der Waals surface area contributed by atoms with Crippen LogP contribution < -0.4 is 5.32 Å². The van der Waals surface area contributed by atoms with Crippen LogP contribution in [0.25, 0.3) is 5.65 Å². The van der Waals surface area contributed by atoms with E-state index in [1.54, 1.807) is 18.6 Å². The minimum absolute atomic E-state index is 0.157. The summed E-state index contributed by atoms with van der Waals surface area (Å²) in [6, 6.07) is 5.67. The first-order valence-electron chi connectivity index (χ1n) is 6.22. The number of amides is 1. The van der Waals surface area contributed by atoms with Crippen LogP contribution in [0.5, 0.6) is 0 Å². The lowest BCUT2D eigenvalue weighted by Gasteiger charge is -2.06. The zero-order valence-corrected chi connectivity index (χ0v) is 10.9.